The number of halogens is 1. The molecule has 1 aliphatic rings. The predicted molar refractivity (Wildman–Crippen MR) is 85.7 cm³/mol. The second-order valence-corrected chi connectivity index (χ2v) is 5.74. The van der Waals surface area contributed by atoms with E-state index in [0.29, 0.717) is 0 Å². The van der Waals surface area contributed by atoms with Crippen LogP contribution in [0.15, 0.2) is 48.5 Å². The third kappa shape index (κ3) is 2.55. The molecule has 2 aromatic carbocycles. The van der Waals surface area contributed by atoms with Crippen LogP contribution in [0.2, 0.25) is 0 Å². The highest BCUT2D eigenvalue weighted by molar-refractivity contribution is 9.09. The first-order chi connectivity index (χ1) is 9.40. The van der Waals surface area contributed by atoms with E-state index in [1.807, 2.05) is 0 Å². The van der Waals surface area contributed by atoms with Gasteiger partial charge in [0.1, 0.15) is 0 Å². The van der Waals surface area contributed by atoms with Crippen LogP contribution in [0.25, 0.3) is 0 Å². The topological polar surface area (TPSA) is 3.24 Å². The van der Waals surface area contributed by atoms with E-state index in [-0.39, 0.29) is 0 Å². The standard InChI is InChI=1S/C17H18BrN/c18-12-5-13-19-16-8-3-1-6-14(16)10-11-15-7-2-4-9-17(15)19/h1-4,6-9H,5,10-13H2. The fourth-order valence-electron chi connectivity index (χ4n) is 2.83. The average molecular weight is 316 g/mol. The van der Waals surface area contributed by atoms with E-state index in [0.717, 1.165) is 31.1 Å². The van der Waals surface area contributed by atoms with Gasteiger partial charge in [-0.25, -0.2) is 0 Å². The Morgan fingerprint density at radius 3 is 1.89 bits per heavy atom. The van der Waals surface area contributed by atoms with Crippen LogP contribution in [0.1, 0.15) is 17.5 Å². The average Bonchev–Trinajstić information content (AvgIpc) is 2.62. The maximum absolute atomic E-state index is 3.55. The van der Waals surface area contributed by atoms with Crippen molar-refractivity contribution in [2.45, 2.75) is 19.3 Å². The van der Waals surface area contributed by atoms with Crippen LogP contribution in [0.3, 0.4) is 0 Å². The lowest BCUT2D eigenvalue weighted by Gasteiger charge is -2.26. The highest BCUT2D eigenvalue weighted by atomic mass is 79.9. The maximum atomic E-state index is 3.55. The van der Waals surface area contributed by atoms with Gasteiger partial charge in [-0.05, 0) is 42.5 Å². The molecule has 0 saturated heterocycles. The summed E-state index contributed by atoms with van der Waals surface area (Å²) in [6.45, 7) is 1.07. The van der Waals surface area contributed by atoms with E-state index < -0.39 is 0 Å². The zero-order chi connectivity index (χ0) is 13.1. The van der Waals surface area contributed by atoms with Gasteiger partial charge in [-0.3, -0.25) is 0 Å². The molecule has 1 nitrogen and oxygen atoms in total. The SMILES string of the molecule is BrCCCN1c2ccccc2CCc2ccccc21. The van der Waals surface area contributed by atoms with E-state index in [1.165, 1.54) is 22.5 Å². The lowest BCUT2D eigenvalue weighted by atomic mass is 10.0. The number of para-hydroxylation sites is 2. The second-order valence-electron chi connectivity index (χ2n) is 4.95. The number of benzene rings is 2. The van der Waals surface area contributed by atoms with E-state index in [2.05, 4.69) is 69.4 Å². The zero-order valence-corrected chi connectivity index (χ0v) is 12.6. The van der Waals surface area contributed by atoms with Gasteiger partial charge in [0.15, 0.2) is 0 Å². The summed E-state index contributed by atoms with van der Waals surface area (Å²) >= 11 is 3.55. The second kappa shape index (κ2) is 5.79. The first kappa shape index (κ1) is 12.7. The number of rotatable bonds is 3. The Bertz CT molecular complexity index is 517. The van der Waals surface area contributed by atoms with Crippen molar-refractivity contribution in [2.24, 2.45) is 0 Å². The monoisotopic (exact) mass is 315 g/mol. The van der Waals surface area contributed by atoms with Crippen molar-refractivity contribution in [3.63, 3.8) is 0 Å². The van der Waals surface area contributed by atoms with Crippen LogP contribution in [0.5, 0.6) is 0 Å². The minimum absolute atomic E-state index is 1.05. The van der Waals surface area contributed by atoms with Gasteiger partial charge in [0.05, 0.1) is 0 Å². The molecule has 2 heteroatoms. The van der Waals surface area contributed by atoms with E-state index in [4.69, 9.17) is 0 Å². The van der Waals surface area contributed by atoms with Gasteiger partial charge < -0.3 is 4.90 Å². The smallest absolute Gasteiger partial charge is 0.0443 e. The molecule has 0 saturated carbocycles. The fraction of sp³-hybridized carbons (Fsp3) is 0.294. The van der Waals surface area contributed by atoms with Crippen LogP contribution in [0.4, 0.5) is 11.4 Å². The normalized spacial score (nSPS) is 13.6. The molecule has 0 aromatic heterocycles. The van der Waals surface area contributed by atoms with Crippen LogP contribution in [-0.2, 0) is 12.8 Å². The Hall–Kier alpha value is -1.28. The van der Waals surface area contributed by atoms with Gasteiger partial charge in [0, 0.05) is 23.2 Å². The van der Waals surface area contributed by atoms with Gasteiger partial charge >= 0.3 is 0 Å². The fourth-order valence-corrected chi connectivity index (χ4v) is 3.08. The number of hydrogen-bond acceptors (Lipinski definition) is 1. The summed E-state index contributed by atoms with van der Waals surface area (Å²) in [5.41, 5.74) is 5.70. The molecular formula is C17H18BrN. The van der Waals surface area contributed by atoms with Crippen LogP contribution >= 0.6 is 15.9 Å². The van der Waals surface area contributed by atoms with Gasteiger partial charge in [0.25, 0.3) is 0 Å². The summed E-state index contributed by atoms with van der Waals surface area (Å²) in [4.78, 5) is 2.49. The Balaban J connectivity index is 2.08. The molecule has 0 spiro atoms. The summed E-state index contributed by atoms with van der Waals surface area (Å²) < 4.78 is 0. The number of aryl methyl sites for hydroxylation is 2. The summed E-state index contributed by atoms with van der Waals surface area (Å²) in [5, 5.41) is 1.05. The largest absolute Gasteiger partial charge is 0.341 e. The predicted octanol–water partition coefficient (Wildman–Crippen LogP) is 4.71. The summed E-state index contributed by atoms with van der Waals surface area (Å²) in [7, 11) is 0. The Labute approximate surface area is 123 Å². The van der Waals surface area contributed by atoms with Crippen molar-refractivity contribution in [1.29, 1.82) is 0 Å². The minimum Gasteiger partial charge on any atom is -0.341 e. The molecule has 0 N–H and O–H groups in total. The number of anilines is 2. The van der Waals surface area contributed by atoms with Crippen molar-refractivity contribution in [3.8, 4) is 0 Å². The Kier molecular flexibility index (Phi) is 3.88. The van der Waals surface area contributed by atoms with Crippen LogP contribution in [0, 0.1) is 0 Å². The molecule has 98 valence electrons. The highest BCUT2D eigenvalue weighted by Gasteiger charge is 2.19. The van der Waals surface area contributed by atoms with Crippen molar-refractivity contribution < 1.29 is 0 Å². The molecule has 0 unspecified atom stereocenters. The third-order valence-electron chi connectivity index (χ3n) is 3.74. The van der Waals surface area contributed by atoms with Gasteiger partial charge in [0.2, 0.25) is 0 Å². The van der Waals surface area contributed by atoms with Gasteiger partial charge in [-0.1, -0.05) is 52.3 Å². The molecule has 0 atom stereocenters. The number of nitrogens with zero attached hydrogens (tertiary/aromatic N) is 1. The number of alkyl halides is 1. The third-order valence-corrected chi connectivity index (χ3v) is 4.30. The summed E-state index contributed by atoms with van der Waals surface area (Å²) in [6.07, 6.45) is 3.43. The lowest BCUT2D eigenvalue weighted by molar-refractivity contribution is 0.896. The molecule has 19 heavy (non-hydrogen) atoms. The number of hydrogen-bond donors (Lipinski definition) is 0. The van der Waals surface area contributed by atoms with Gasteiger partial charge in [-0.15, -0.1) is 0 Å². The molecule has 0 amide bonds. The molecule has 0 aliphatic carbocycles. The van der Waals surface area contributed by atoms with E-state index >= 15 is 0 Å². The van der Waals surface area contributed by atoms with Gasteiger partial charge in [-0.2, -0.15) is 0 Å². The lowest BCUT2D eigenvalue weighted by Crippen LogP contribution is -2.19. The quantitative estimate of drug-likeness (QED) is 0.741. The molecule has 3 rings (SSSR count). The molecule has 0 radical (unpaired) electrons. The van der Waals surface area contributed by atoms with E-state index in [9.17, 15) is 0 Å². The molecular weight excluding hydrogens is 298 g/mol. The van der Waals surface area contributed by atoms with Crippen molar-refractivity contribution >= 4 is 27.3 Å². The molecule has 0 bridgehead atoms. The van der Waals surface area contributed by atoms with Crippen molar-refractivity contribution in [2.75, 3.05) is 16.8 Å². The van der Waals surface area contributed by atoms with Crippen LogP contribution in [-0.4, -0.2) is 11.9 Å². The minimum atomic E-state index is 1.05. The Morgan fingerprint density at radius 2 is 1.37 bits per heavy atom. The van der Waals surface area contributed by atoms with Crippen molar-refractivity contribution in [3.05, 3.63) is 59.7 Å². The first-order valence-corrected chi connectivity index (χ1v) is 8.01. The molecule has 2 aromatic rings. The highest BCUT2D eigenvalue weighted by Crippen LogP contribution is 2.35. The summed E-state index contributed by atoms with van der Waals surface area (Å²) in [5.74, 6) is 0. The molecule has 1 heterocycles. The van der Waals surface area contributed by atoms with Crippen molar-refractivity contribution in [1.82, 2.24) is 0 Å². The zero-order valence-electron chi connectivity index (χ0n) is 11.0. The maximum Gasteiger partial charge on any atom is 0.0443 e. The molecule has 1 aliphatic heterocycles. The number of fused-ring (bicyclic) bond motifs is 2. The van der Waals surface area contributed by atoms with Crippen LogP contribution < -0.4 is 4.90 Å². The first-order valence-electron chi connectivity index (χ1n) is 6.89. The molecule has 0 fully saturated rings. The van der Waals surface area contributed by atoms with E-state index in [1.54, 1.807) is 0 Å². The summed E-state index contributed by atoms with van der Waals surface area (Å²) in [6, 6.07) is 17.6. The Morgan fingerprint density at radius 1 is 0.842 bits per heavy atom.